The van der Waals surface area contributed by atoms with Gasteiger partial charge in [-0.2, -0.15) is 0 Å². The normalized spacial score (nSPS) is 10.4. The summed E-state index contributed by atoms with van der Waals surface area (Å²) in [4.78, 5) is 38.6. The van der Waals surface area contributed by atoms with E-state index in [2.05, 4.69) is 17.8 Å². The van der Waals surface area contributed by atoms with Crippen molar-refractivity contribution in [1.82, 2.24) is 10.9 Å². The molecule has 2 N–H and O–H groups in total. The van der Waals surface area contributed by atoms with Gasteiger partial charge in [0.15, 0.2) is 17.3 Å². The molecule has 0 saturated heterocycles. The third-order valence-corrected chi connectivity index (χ3v) is 5.38. The molecule has 0 radical (unpaired) electrons. The highest BCUT2D eigenvalue weighted by Gasteiger charge is 2.15. The van der Waals surface area contributed by atoms with Gasteiger partial charge in [-0.05, 0) is 44.5 Å². The molecule has 1 aromatic heterocycles. The molecule has 0 unspecified atom stereocenters. The zero-order valence-electron chi connectivity index (χ0n) is 17.8. The summed E-state index contributed by atoms with van der Waals surface area (Å²) in [5.41, 5.74) is 5.67. The van der Waals surface area contributed by atoms with Crippen LogP contribution in [0.3, 0.4) is 0 Å². The minimum Gasteiger partial charge on any atom is -0.493 e. The van der Waals surface area contributed by atoms with E-state index in [9.17, 15) is 14.4 Å². The molecule has 2 rings (SSSR count). The van der Waals surface area contributed by atoms with Crippen LogP contribution in [0.2, 0.25) is 0 Å². The molecular formula is C22H28N2O5S. The maximum Gasteiger partial charge on any atom is 0.269 e. The fourth-order valence-corrected chi connectivity index (χ4v) is 3.73. The molecule has 8 heteroatoms. The van der Waals surface area contributed by atoms with Crippen molar-refractivity contribution >= 4 is 28.9 Å². The minimum atomic E-state index is -0.489. The second-order valence-electron chi connectivity index (χ2n) is 6.82. The van der Waals surface area contributed by atoms with Gasteiger partial charge < -0.3 is 9.47 Å². The fraction of sp³-hybridized carbons (Fsp3) is 0.409. The molecule has 2 amide bonds. The average Bonchev–Trinajstić information content (AvgIpc) is 3.08. The second-order valence-corrected chi connectivity index (χ2v) is 8.28. The fourth-order valence-electron chi connectivity index (χ4n) is 2.79. The Morgan fingerprint density at radius 2 is 1.80 bits per heavy atom. The van der Waals surface area contributed by atoms with E-state index in [-0.39, 0.29) is 18.6 Å². The lowest BCUT2D eigenvalue weighted by Gasteiger charge is -2.12. The lowest BCUT2D eigenvalue weighted by molar-refractivity contribution is -0.121. The molecule has 30 heavy (non-hydrogen) atoms. The Bertz CT molecular complexity index is 907. The number of hydrogen-bond donors (Lipinski definition) is 2. The quantitative estimate of drug-likeness (QED) is 0.337. The van der Waals surface area contributed by atoms with Gasteiger partial charge in [-0.1, -0.05) is 13.3 Å². The summed E-state index contributed by atoms with van der Waals surface area (Å²) in [6.45, 7) is 6.47. The highest BCUT2D eigenvalue weighted by atomic mass is 32.1. The number of hydrazine groups is 1. The molecule has 0 bridgehead atoms. The summed E-state index contributed by atoms with van der Waals surface area (Å²) in [5, 5.41) is 0. The maximum absolute atomic E-state index is 12.3. The Labute approximate surface area is 180 Å². The first-order chi connectivity index (χ1) is 14.3. The van der Waals surface area contributed by atoms with Crippen LogP contribution in [0.25, 0.3) is 0 Å². The Hall–Kier alpha value is -2.87. The monoisotopic (exact) mass is 432 g/mol. The van der Waals surface area contributed by atoms with Gasteiger partial charge in [-0.25, -0.2) is 0 Å². The van der Waals surface area contributed by atoms with E-state index < -0.39 is 11.8 Å². The van der Waals surface area contributed by atoms with Gasteiger partial charge in [0.05, 0.1) is 13.7 Å². The second kappa shape index (κ2) is 11.3. The Balaban J connectivity index is 1.85. The van der Waals surface area contributed by atoms with Crippen molar-refractivity contribution < 1.29 is 23.9 Å². The van der Waals surface area contributed by atoms with Crippen LogP contribution in [0.1, 0.15) is 63.1 Å². The van der Waals surface area contributed by atoms with E-state index in [0.29, 0.717) is 29.2 Å². The van der Waals surface area contributed by atoms with Gasteiger partial charge in [-0.3, -0.25) is 25.2 Å². The number of rotatable bonds is 10. The molecule has 1 aromatic carbocycles. The number of carbonyl (C=O) groups excluding carboxylic acids is 3. The molecule has 2 aromatic rings. The average molecular weight is 433 g/mol. The molecule has 0 atom stereocenters. The van der Waals surface area contributed by atoms with Crippen LogP contribution in [-0.2, 0) is 4.79 Å². The molecule has 0 spiro atoms. The van der Waals surface area contributed by atoms with Crippen LogP contribution in [0.15, 0.2) is 24.3 Å². The number of nitrogens with one attached hydrogen (secondary N) is 2. The van der Waals surface area contributed by atoms with Crippen LogP contribution >= 0.6 is 11.3 Å². The van der Waals surface area contributed by atoms with Gasteiger partial charge >= 0.3 is 0 Å². The van der Waals surface area contributed by atoms with Crippen LogP contribution in [0.5, 0.6) is 11.5 Å². The minimum absolute atomic E-state index is 0.0129. The molecule has 0 aliphatic carbocycles. The predicted octanol–water partition coefficient (Wildman–Crippen LogP) is 3.98. The molecule has 0 fully saturated rings. The number of thiophene rings is 1. The summed E-state index contributed by atoms with van der Waals surface area (Å²) < 4.78 is 10.9. The maximum atomic E-state index is 12.3. The molecule has 0 saturated carbocycles. The first-order valence-electron chi connectivity index (χ1n) is 9.86. The van der Waals surface area contributed by atoms with Gasteiger partial charge in [0.25, 0.3) is 5.91 Å². The Kier molecular flexibility index (Phi) is 8.86. The highest BCUT2D eigenvalue weighted by molar-refractivity contribution is 7.12. The summed E-state index contributed by atoms with van der Waals surface area (Å²) in [7, 11) is 1.50. The van der Waals surface area contributed by atoms with Crippen LogP contribution in [0, 0.1) is 13.8 Å². The van der Waals surface area contributed by atoms with Gasteiger partial charge in [-0.15, -0.1) is 11.3 Å². The zero-order valence-corrected chi connectivity index (χ0v) is 18.6. The van der Waals surface area contributed by atoms with E-state index in [1.807, 2.05) is 19.9 Å². The molecule has 0 aliphatic rings. The number of methoxy groups -OCH3 is 1. The number of ether oxygens (including phenoxy) is 2. The van der Waals surface area contributed by atoms with Gasteiger partial charge in [0, 0.05) is 33.7 Å². The van der Waals surface area contributed by atoms with Crippen molar-refractivity contribution in [2.45, 2.75) is 46.5 Å². The van der Waals surface area contributed by atoms with Crippen LogP contribution in [0.4, 0.5) is 0 Å². The first-order valence-corrected chi connectivity index (χ1v) is 10.7. The zero-order chi connectivity index (χ0) is 22.1. The van der Waals surface area contributed by atoms with E-state index in [1.165, 1.54) is 7.11 Å². The number of unbranched alkanes of at least 4 members (excludes halogenated alkanes) is 1. The Morgan fingerprint density at radius 3 is 2.43 bits per heavy atom. The van der Waals surface area contributed by atoms with Gasteiger partial charge in [0.1, 0.15) is 0 Å². The first kappa shape index (κ1) is 23.4. The Morgan fingerprint density at radius 1 is 1.03 bits per heavy atom. The van der Waals surface area contributed by atoms with Crippen LogP contribution < -0.4 is 20.3 Å². The smallest absolute Gasteiger partial charge is 0.269 e. The van der Waals surface area contributed by atoms with Crippen molar-refractivity contribution in [3.05, 3.63) is 45.1 Å². The van der Waals surface area contributed by atoms with Crippen molar-refractivity contribution in [3.63, 3.8) is 0 Å². The number of Topliss-reactive ketones (excluding diaryl/α,β-unsaturated/α-hetero) is 1. The summed E-state index contributed by atoms with van der Waals surface area (Å²) in [5.74, 6) is -0.00647. The third-order valence-electron chi connectivity index (χ3n) is 4.42. The number of amides is 2. The summed E-state index contributed by atoms with van der Waals surface area (Å²) in [6.07, 6.45) is 2.00. The molecule has 0 aliphatic heterocycles. The van der Waals surface area contributed by atoms with E-state index in [1.54, 1.807) is 29.5 Å². The SMILES string of the molecule is CCCCOc1ccc(C(=O)NNC(=O)CCC(=O)c2cc(C)sc2C)cc1OC. The molecule has 1 heterocycles. The van der Waals surface area contributed by atoms with Crippen molar-refractivity contribution in [1.29, 1.82) is 0 Å². The van der Waals surface area contributed by atoms with E-state index >= 15 is 0 Å². The highest BCUT2D eigenvalue weighted by Crippen LogP contribution is 2.28. The van der Waals surface area contributed by atoms with E-state index in [4.69, 9.17) is 9.47 Å². The molecule has 7 nitrogen and oxygen atoms in total. The summed E-state index contributed by atoms with van der Waals surface area (Å²) >= 11 is 1.56. The van der Waals surface area contributed by atoms with Crippen molar-refractivity contribution in [2.75, 3.05) is 13.7 Å². The van der Waals surface area contributed by atoms with E-state index in [0.717, 1.165) is 22.6 Å². The molecular weight excluding hydrogens is 404 g/mol. The number of benzene rings is 1. The summed E-state index contributed by atoms with van der Waals surface area (Å²) in [6, 6.07) is 6.64. The molecule has 162 valence electrons. The van der Waals surface area contributed by atoms with Crippen molar-refractivity contribution in [2.24, 2.45) is 0 Å². The number of ketones is 1. The van der Waals surface area contributed by atoms with Crippen LogP contribution in [-0.4, -0.2) is 31.3 Å². The largest absolute Gasteiger partial charge is 0.493 e. The van der Waals surface area contributed by atoms with Crippen molar-refractivity contribution in [3.8, 4) is 11.5 Å². The third kappa shape index (κ3) is 6.59. The number of carbonyl (C=O) groups is 3. The number of hydrogen-bond acceptors (Lipinski definition) is 6. The standard InChI is InChI=1S/C22H28N2O5S/c1-5-6-11-29-19-9-7-16(13-20(19)28-4)22(27)24-23-21(26)10-8-18(25)17-12-14(2)30-15(17)3/h7,9,12-13H,5-6,8,10-11H2,1-4H3,(H,23,26)(H,24,27). The predicted molar refractivity (Wildman–Crippen MR) is 116 cm³/mol. The topological polar surface area (TPSA) is 93.7 Å². The van der Waals surface area contributed by atoms with Gasteiger partial charge in [0.2, 0.25) is 5.91 Å². The lowest BCUT2D eigenvalue weighted by Crippen LogP contribution is -2.41. The lowest BCUT2D eigenvalue weighted by atomic mass is 10.1. The number of aryl methyl sites for hydroxylation is 2.